The number of aryl methyl sites for hydroxylation is 1. The van der Waals surface area contributed by atoms with Gasteiger partial charge in [0, 0.05) is 23.7 Å². The third kappa shape index (κ3) is 7.24. The molecule has 1 heterocycles. The molecule has 0 atom stereocenters. The van der Waals surface area contributed by atoms with Gasteiger partial charge in [0.1, 0.15) is 0 Å². The maximum atomic E-state index is 12.8. The van der Waals surface area contributed by atoms with E-state index in [-0.39, 0.29) is 11.3 Å². The molecule has 0 aliphatic heterocycles. The smallest absolute Gasteiger partial charge is 0.284 e. The molecule has 0 aliphatic rings. The molecule has 0 saturated carbocycles. The Morgan fingerprint density at radius 1 is 1.00 bits per heavy atom. The summed E-state index contributed by atoms with van der Waals surface area (Å²) >= 11 is 0. The van der Waals surface area contributed by atoms with Crippen molar-refractivity contribution in [1.29, 1.82) is 0 Å². The van der Waals surface area contributed by atoms with Crippen molar-refractivity contribution in [2.75, 3.05) is 11.0 Å². The molecule has 1 aromatic heterocycles. The van der Waals surface area contributed by atoms with Gasteiger partial charge >= 0.3 is 0 Å². The molecule has 0 radical (unpaired) electrons. The zero-order chi connectivity index (χ0) is 25.4. The Balaban J connectivity index is 1.68. The van der Waals surface area contributed by atoms with Gasteiger partial charge in [0.25, 0.3) is 17.4 Å². The van der Waals surface area contributed by atoms with E-state index in [0.29, 0.717) is 28.6 Å². The van der Waals surface area contributed by atoms with Gasteiger partial charge in [-0.2, -0.15) is 5.10 Å². The molecule has 0 fully saturated rings. The van der Waals surface area contributed by atoms with Gasteiger partial charge in [-0.3, -0.25) is 30.0 Å². The number of hydrogen-bond donors (Lipinski definition) is 3. The van der Waals surface area contributed by atoms with E-state index in [0.717, 1.165) is 25.5 Å². The van der Waals surface area contributed by atoms with Gasteiger partial charge in [-0.25, -0.2) is 13.1 Å². The van der Waals surface area contributed by atoms with Gasteiger partial charge in [0.15, 0.2) is 5.69 Å². The normalized spacial score (nSPS) is 11.5. The van der Waals surface area contributed by atoms with E-state index in [1.165, 1.54) is 16.8 Å². The topological polar surface area (TPSA) is 139 Å². The van der Waals surface area contributed by atoms with Gasteiger partial charge in [-0.05, 0) is 36.3 Å². The second-order valence-corrected chi connectivity index (χ2v) is 9.65. The van der Waals surface area contributed by atoms with Crippen molar-refractivity contribution in [1.82, 2.24) is 20.6 Å². The second kappa shape index (κ2) is 11.4. The van der Waals surface area contributed by atoms with Crippen molar-refractivity contribution in [2.24, 2.45) is 0 Å². The summed E-state index contributed by atoms with van der Waals surface area (Å²) in [5.74, 6) is -1.24. The molecule has 2 aromatic carbocycles. The van der Waals surface area contributed by atoms with Crippen molar-refractivity contribution in [3.63, 3.8) is 0 Å². The minimum atomic E-state index is -3.38. The molecule has 3 rings (SSSR count). The Bertz CT molecular complexity index is 1410. The molecule has 11 heteroatoms. The number of hydrogen-bond acceptors (Lipinski definition) is 6. The fourth-order valence-electron chi connectivity index (χ4n) is 3.33. The molecule has 3 aromatic rings. The average Bonchev–Trinajstić information content (AvgIpc) is 2.82. The first kappa shape index (κ1) is 25.6. The number of carbonyl (C=O) groups is 2. The van der Waals surface area contributed by atoms with Crippen LogP contribution in [0.25, 0.3) is 16.8 Å². The number of nitrogens with one attached hydrogen (secondary N) is 3. The average molecular weight is 498 g/mol. The van der Waals surface area contributed by atoms with Gasteiger partial charge in [-0.1, -0.05) is 50.1 Å². The van der Waals surface area contributed by atoms with Crippen LogP contribution in [-0.2, 0) is 21.4 Å². The number of hydrazine groups is 1. The van der Waals surface area contributed by atoms with Crippen LogP contribution in [0.1, 0.15) is 42.2 Å². The van der Waals surface area contributed by atoms with Crippen LogP contribution in [0.3, 0.4) is 0 Å². The highest BCUT2D eigenvalue weighted by atomic mass is 32.2. The summed E-state index contributed by atoms with van der Waals surface area (Å²) in [6.45, 7) is 2.45. The highest BCUT2D eigenvalue weighted by Gasteiger charge is 2.17. The van der Waals surface area contributed by atoms with Crippen molar-refractivity contribution >= 4 is 44.4 Å². The fourth-order valence-corrected chi connectivity index (χ4v) is 3.90. The lowest BCUT2D eigenvalue weighted by Gasteiger charge is -2.11. The zero-order valence-electron chi connectivity index (χ0n) is 19.4. The van der Waals surface area contributed by atoms with Gasteiger partial charge in [0.05, 0.1) is 11.6 Å². The van der Waals surface area contributed by atoms with E-state index >= 15 is 0 Å². The largest absolute Gasteiger partial charge is 0.290 e. The lowest BCUT2D eigenvalue weighted by Crippen LogP contribution is -2.42. The molecule has 184 valence electrons. The molecule has 0 saturated heterocycles. The number of carbonyl (C=O) groups excluding carboxylic acids is 2. The predicted molar refractivity (Wildman–Crippen MR) is 135 cm³/mol. The van der Waals surface area contributed by atoms with Crippen molar-refractivity contribution in [2.45, 2.75) is 32.7 Å². The van der Waals surface area contributed by atoms with E-state index in [9.17, 15) is 22.8 Å². The van der Waals surface area contributed by atoms with E-state index in [1.54, 1.807) is 48.5 Å². The van der Waals surface area contributed by atoms with Crippen LogP contribution in [0.2, 0.25) is 0 Å². The number of amides is 2. The van der Waals surface area contributed by atoms with Crippen LogP contribution in [0.4, 0.5) is 5.69 Å². The summed E-state index contributed by atoms with van der Waals surface area (Å²) in [6.07, 6.45) is 6.46. The first-order chi connectivity index (χ1) is 16.7. The number of benzene rings is 2. The Kier molecular flexibility index (Phi) is 8.37. The lowest BCUT2D eigenvalue weighted by molar-refractivity contribution is -0.117. The Morgan fingerprint density at radius 3 is 2.34 bits per heavy atom. The van der Waals surface area contributed by atoms with E-state index in [1.807, 2.05) is 0 Å². The third-order valence-electron chi connectivity index (χ3n) is 5.00. The van der Waals surface area contributed by atoms with E-state index in [4.69, 9.17) is 0 Å². The molecular weight excluding hydrogens is 470 g/mol. The van der Waals surface area contributed by atoms with E-state index < -0.39 is 21.8 Å². The zero-order valence-corrected chi connectivity index (χ0v) is 20.3. The minimum absolute atomic E-state index is 0.0370. The summed E-state index contributed by atoms with van der Waals surface area (Å²) in [7, 11) is -3.38. The van der Waals surface area contributed by atoms with Crippen LogP contribution in [0.5, 0.6) is 0 Å². The number of fused-ring (bicyclic) bond motifs is 1. The quantitative estimate of drug-likeness (QED) is 0.236. The highest BCUT2D eigenvalue weighted by molar-refractivity contribution is 7.92. The number of unbranched alkanes of at least 4 members (excludes halogenated alkanes) is 2. The Hall–Kier alpha value is -3.99. The van der Waals surface area contributed by atoms with Crippen LogP contribution in [-0.4, -0.2) is 36.3 Å². The van der Waals surface area contributed by atoms with Crippen LogP contribution in [0, 0.1) is 0 Å². The Labute approximate surface area is 203 Å². The maximum Gasteiger partial charge on any atom is 0.290 e. The van der Waals surface area contributed by atoms with E-state index in [2.05, 4.69) is 27.6 Å². The summed E-state index contributed by atoms with van der Waals surface area (Å²) in [4.78, 5) is 37.7. The molecule has 3 N–H and O–H groups in total. The van der Waals surface area contributed by atoms with Crippen molar-refractivity contribution in [3.8, 4) is 0 Å². The third-order valence-corrected chi connectivity index (χ3v) is 5.60. The molecule has 0 bridgehead atoms. The summed E-state index contributed by atoms with van der Waals surface area (Å²) < 4.78 is 26.2. The minimum Gasteiger partial charge on any atom is -0.284 e. The second-order valence-electron chi connectivity index (χ2n) is 7.90. The summed E-state index contributed by atoms with van der Waals surface area (Å²) in [5, 5.41) is 5.03. The molecule has 0 spiro atoms. The number of sulfonamides is 1. The van der Waals surface area contributed by atoms with Crippen molar-refractivity contribution < 1.29 is 18.0 Å². The first-order valence-corrected chi connectivity index (χ1v) is 12.9. The Morgan fingerprint density at radius 2 is 1.69 bits per heavy atom. The van der Waals surface area contributed by atoms with Gasteiger partial charge in [0.2, 0.25) is 10.0 Å². The SMILES string of the molecule is CCCCCn1nc(C(=O)NNC(=O)/C=C/c2ccc(NS(C)(=O)=O)cc2)c2ccccc2c1=O. The fraction of sp³-hybridized carbons (Fsp3) is 0.250. The number of aromatic nitrogens is 2. The molecule has 2 amide bonds. The maximum absolute atomic E-state index is 12.8. The van der Waals surface area contributed by atoms with Crippen LogP contribution in [0.15, 0.2) is 59.4 Å². The van der Waals surface area contributed by atoms with Gasteiger partial charge < -0.3 is 0 Å². The number of anilines is 1. The van der Waals surface area contributed by atoms with Crippen molar-refractivity contribution in [3.05, 3.63) is 76.2 Å². The predicted octanol–water partition coefficient (Wildman–Crippen LogP) is 2.43. The molecular formula is C24H27N5O5S. The first-order valence-electron chi connectivity index (χ1n) is 11.0. The summed E-state index contributed by atoms with van der Waals surface area (Å²) in [6, 6.07) is 13.1. The molecule has 0 unspecified atom stereocenters. The number of nitrogens with zero attached hydrogens (tertiary/aromatic N) is 2. The standard InChI is InChI=1S/C24H27N5O5S/c1-3-4-7-16-29-24(32)20-9-6-5-8-19(20)22(27-29)23(31)26-25-21(30)15-12-17-10-13-18(14-11-17)28-35(2,33)34/h5-6,8-15,28H,3-4,7,16H2,1-2H3,(H,25,30)(H,26,31)/b15-12+. The molecule has 0 aliphatic carbocycles. The monoisotopic (exact) mass is 497 g/mol. The van der Waals surface area contributed by atoms with Gasteiger partial charge in [-0.15, -0.1) is 0 Å². The van der Waals surface area contributed by atoms with Crippen LogP contribution < -0.4 is 21.1 Å². The lowest BCUT2D eigenvalue weighted by atomic mass is 10.1. The summed E-state index contributed by atoms with van der Waals surface area (Å²) in [5.41, 5.74) is 5.45. The molecule has 35 heavy (non-hydrogen) atoms. The highest BCUT2D eigenvalue weighted by Crippen LogP contribution is 2.14. The van der Waals surface area contributed by atoms with Crippen LogP contribution >= 0.6 is 0 Å². The molecule has 10 nitrogen and oxygen atoms in total. The number of rotatable bonds is 9.